The van der Waals surface area contributed by atoms with Crippen molar-refractivity contribution in [3.8, 4) is 0 Å². The molecule has 0 aromatic rings. The Labute approximate surface area is 123 Å². The van der Waals surface area contributed by atoms with Gasteiger partial charge in [0.2, 0.25) is 0 Å². The van der Waals surface area contributed by atoms with Gasteiger partial charge in [0, 0.05) is 26.1 Å². The third-order valence-electron chi connectivity index (χ3n) is 4.32. The van der Waals surface area contributed by atoms with Gasteiger partial charge < -0.3 is 19.6 Å². The van der Waals surface area contributed by atoms with Gasteiger partial charge in [-0.05, 0) is 31.6 Å². The summed E-state index contributed by atoms with van der Waals surface area (Å²) in [7, 11) is 1.33. The van der Waals surface area contributed by atoms with Crippen LogP contribution in [0.2, 0.25) is 0 Å². The number of aliphatic carboxylic acids is 1. The third kappa shape index (κ3) is 3.65. The summed E-state index contributed by atoms with van der Waals surface area (Å²) in [5.41, 5.74) is 0. The second kappa shape index (κ2) is 6.78. The van der Waals surface area contributed by atoms with Crippen LogP contribution in [-0.4, -0.2) is 65.7 Å². The van der Waals surface area contributed by atoms with Gasteiger partial charge in [-0.25, -0.2) is 9.59 Å². The highest BCUT2D eigenvalue weighted by atomic mass is 16.5. The monoisotopic (exact) mass is 298 g/mol. The van der Waals surface area contributed by atoms with Crippen LogP contribution < -0.4 is 0 Å². The predicted molar refractivity (Wildman–Crippen MR) is 73.7 cm³/mol. The fraction of sp³-hybridized carbons (Fsp3) is 0.786. The minimum atomic E-state index is -0.787. The normalized spacial score (nSPS) is 23.2. The molecule has 1 unspecified atom stereocenters. The van der Waals surface area contributed by atoms with E-state index in [0.717, 1.165) is 6.42 Å². The van der Waals surface area contributed by atoms with Gasteiger partial charge in [0.25, 0.3) is 0 Å². The predicted octanol–water partition coefficient (Wildman–Crippen LogP) is 0.930. The summed E-state index contributed by atoms with van der Waals surface area (Å²) in [6, 6.07) is -0.601. The molecule has 21 heavy (non-hydrogen) atoms. The first-order valence-corrected chi connectivity index (χ1v) is 7.38. The summed E-state index contributed by atoms with van der Waals surface area (Å²) < 4.78 is 4.75. The van der Waals surface area contributed by atoms with E-state index in [2.05, 4.69) is 0 Å². The Bertz CT molecular complexity index is 418. The van der Waals surface area contributed by atoms with Crippen molar-refractivity contribution in [3.63, 3.8) is 0 Å². The molecule has 0 aliphatic carbocycles. The number of carbonyl (C=O) groups excluding carboxylic acids is 2. The molecule has 2 heterocycles. The number of amides is 2. The number of carboxylic acids is 1. The van der Waals surface area contributed by atoms with Crippen molar-refractivity contribution in [2.45, 2.75) is 38.1 Å². The quantitative estimate of drug-likeness (QED) is 0.783. The molecule has 0 saturated carbocycles. The SMILES string of the molecule is COC(=O)C1CCCN1C(=O)N1CCC(CC(=O)O)CC1. The number of carbonyl (C=O) groups is 3. The number of esters is 1. The number of piperidine rings is 1. The largest absolute Gasteiger partial charge is 0.481 e. The van der Waals surface area contributed by atoms with Crippen molar-refractivity contribution in [1.29, 1.82) is 0 Å². The molecule has 2 amide bonds. The summed E-state index contributed by atoms with van der Waals surface area (Å²) in [5, 5.41) is 8.80. The number of ether oxygens (including phenoxy) is 1. The highest BCUT2D eigenvalue weighted by Gasteiger charge is 2.37. The van der Waals surface area contributed by atoms with Gasteiger partial charge in [0.05, 0.1) is 7.11 Å². The zero-order valence-corrected chi connectivity index (χ0v) is 12.3. The molecule has 2 fully saturated rings. The number of carboxylic acid groups (broad SMARTS) is 1. The van der Waals surface area contributed by atoms with E-state index < -0.39 is 12.0 Å². The molecule has 2 rings (SSSR count). The van der Waals surface area contributed by atoms with Crippen LogP contribution in [0.25, 0.3) is 0 Å². The van der Waals surface area contributed by atoms with Crippen LogP contribution in [0.4, 0.5) is 4.79 Å². The highest BCUT2D eigenvalue weighted by Crippen LogP contribution is 2.25. The van der Waals surface area contributed by atoms with E-state index in [1.54, 1.807) is 9.80 Å². The molecule has 0 radical (unpaired) electrons. The summed E-state index contributed by atoms with van der Waals surface area (Å²) in [6.45, 7) is 1.69. The lowest BCUT2D eigenvalue weighted by atomic mass is 9.94. The van der Waals surface area contributed by atoms with Crippen LogP contribution in [-0.2, 0) is 14.3 Å². The van der Waals surface area contributed by atoms with E-state index in [-0.39, 0.29) is 24.3 Å². The first-order valence-electron chi connectivity index (χ1n) is 7.38. The second-order valence-electron chi connectivity index (χ2n) is 5.69. The summed E-state index contributed by atoms with van der Waals surface area (Å²) in [6.07, 6.45) is 3.02. The molecule has 7 heteroatoms. The lowest BCUT2D eigenvalue weighted by molar-refractivity contribution is -0.145. The van der Waals surface area contributed by atoms with Gasteiger partial charge in [-0.3, -0.25) is 4.79 Å². The van der Waals surface area contributed by atoms with Gasteiger partial charge in [-0.2, -0.15) is 0 Å². The summed E-state index contributed by atoms with van der Waals surface area (Å²) in [5.74, 6) is -1.01. The van der Waals surface area contributed by atoms with E-state index in [1.165, 1.54) is 7.11 Å². The molecule has 2 aliphatic heterocycles. The average Bonchev–Trinajstić information content (AvgIpc) is 2.95. The van der Waals surface area contributed by atoms with Gasteiger partial charge in [0.15, 0.2) is 0 Å². The van der Waals surface area contributed by atoms with Gasteiger partial charge in [-0.1, -0.05) is 0 Å². The Balaban J connectivity index is 1.89. The van der Waals surface area contributed by atoms with E-state index in [1.807, 2.05) is 0 Å². The van der Waals surface area contributed by atoms with Gasteiger partial charge in [-0.15, -0.1) is 0 Å². The zero-order chi connectivity index (χ0) is 15.4. The van der Waals surface area contributed by atoms with Crippen molar-refractivity contribution in [2.24, 2.45) is 5.92 Å². The molecular formula is C14H22N2O5. The lowest BCUT2D eigenvalue weighted by Crippen LogP contribution is -2.50. The molecule has 1 N–H and O–H groups in total. The molecule has 2 aliphatic rings. The molecule has 7 nitrogen and oxygen atoms in total. The van der Waals surface area contributed by atoms with E-state index in [0.29, 0.717) is 38.9 Å². The number of rotatable bonds is 3. The Morgan fingerprint density at radius 1 is 1.14 bits per heavy atom. The van der Waals surface area contributed by atoms with Gasteiger partial charge >= 0.3 is 18.0 Å². The Morgan fingerprint density at radius 3 is 2.38 bits per heavy atom. The van der Waals surface area contributed by atoms with E-state index in [4.69, 9.17) is 9.84 Å². The van der Waals surface area contributed by atoms with Crippen LogP contribution in [0.1, 0.15) is 32.1 Å². The van der Waals surface area contributed by atoms with E-state index >= 15 is 0 Å². The van der Waals surface area contributed by atoms with Gasteiger partial charge in [0.1, 0.15) is 6.04 Å². The van der Waals surface area contributed by atoms with E-state index in [9.17, 15) is 14.4 Å². The molecule has 2 saturated heterocycles. The number of methoxy groups -OCH3 is 1. The number of nitrogens with zero attached hydrogens (tertiary/aromatic N) is 2. The molecule has 118 valence electrons. The van der Waals surface area contributed by atoms with Crippen LogP contribution in [0.15, 0.2) is 0 Å². The Hall–Kier alpha value is -1.79. The lowest BCUT2D eigenvalue weighted by Gasteiger charge is -2.35. The molecular weight excluding hydrogens is 276 g/mol. The highest BCUT2D eigenvalue weighted by molar-refractivity contribution is 5.84. The Kier molecular flexibility index (Phi) is 5.03. The minimum Gasteiger partial charge on any atom is -0.481 e. The average molecular weight is 298 g/mol. The molecule has 0 aromatic heterocycles. The number of likely N-dealkylation sites (tertiary alicyclic amines) is 2. The van der Waals surface area contributed by atoms with Crippen LogP contribution in [0.5, 0.6) is 0 Å². The van der Waals surface area contributed by atoms with Crippen molar-refractivity contribution in [1.82, 2.24) is 9.80 Å². The topological polar surface area (TPSA) is 87.2 Å². The van der Waals surface area contributed by atoms with Crippen LogP contribution in [0.3, 0.4) is 0 Å². The van der Waals surface area contributed by atoms with Crippen molar-refractivity contribution >= 4 is 18.0 Å². The molecule has 0 spiro atoms. The smallest absolute Gasteiger partial charge is 0.328 e. The zero-order valence-electron chi connectivity index (χ0n) is 12.3. The van der Waals surface area contributed by atoms with Crippen molar-refractivity contribution in [3.05, 3.63) is 0 Å². The fourth-order valence-electron chi connectivity index (χ4n) is 3.13. The first-order chi connectivity index (χ1) is 10.0. The maximum atomic E-state index is 12.5. The Morgan fingerprint density at radius 2 is 1.81 bits per heavy atom. The van der Waals surface area contributed by atoms with Crippen molar-refractivity contribution in [2.75, 3.05) is 26.7 Å². The maximum Gasteiger partial charge on any atom is 0.328 e. The second-order valence-corrected chi connectivity index (χ2v) is 5.69. The summed E-state index contributed by atoms with van der Waals surface area (Å²) in [4.78, 5) is 38.2. The van der Waals surface area contributed by atoms with Crippen LogP contribution in [0, 0.1) is 5.92 Å². The standard InChI is InChI=1S/C14H22N2O5/c1-21-13(19)11-3-2-6-16(11)14(20)15-7-4-10(5-8-15)9-12(17)18/h10-11H,2-9H2,1H3,(H,17,18). The first kappa shape index (κ1) is 15.6. The maximum absolute atomic E-state index is 12.5. The number of hydrogen-bond donors (Lipinski definition) is 1. The number of hydrogen-bond acceptors (Lipinski definition) is 4. The molecule has 0 bridgehead atoms. The van der Waals surface area contributed by atoms with Crippen molar-refractivity contribution < 1.29 is 24.2 Å². The minimum absolute atomic E-state index is 0.128. The third-order valence-corrected chi connectivity index (χ3v) is 4.32. The summed E-state index contributed by atoms with van der Waals surface area (Å²) >= 11 is 0. The fourth-order valence-corrected chi connectivity index (χ4v) is 3.13. The van der Waals surface area contributed by atoms with Crippen LogP contribution >= 0.6 is 0 Å². The molecule has 1 atom stereocenters. The molecule has 0 aromatic carbocycles. The number of urea groups is 1.